The first kappa shape index (κ1) is 11.6. The van der Waals surface area contributed by atoms with Crippen LogP contribution in [0.2, 0.25) is 0 Å². The smallest absolute Gasteiger partial charge is 0.258 e. The fourth-order valence-electron chi connectivity index (χ4n) is 1.86. The van der Waals surface area contributed by atoms with Crippen molar-refractivity contribution in [1.82, 2.24) is 24.6 Å². The summed E-state index contributed by atoms with van der Waals surface area (Å²) >= 11 is 0. The molecule has 0 atom stereocenters. The topological polar surface area (TPSA) is 65.2 Å². The zero-order chi connectivity index (χ0) is 13.2. The lowest BCUT2D eigenvalue weighted by Gasteiger charge is -2.09. The maximum atomic E-state index is 5.65. The van der Waals surface area contributed by atoms with Crippen molar-refractivity contribution < 1.29 is 4.74 Å². The van der Waals surface area contributed by atoms with Gasteiger partial charge in [0, 0.05) is 18.0 Å². The van der Waals surface area contributed by atoms with E-state index >= 15 is 0 Å². The van der Waals surface area contributed by atoms with Gasteiger partial charge in [0.15, 0.2) is 0 Å². The maximum absolute atomic E-state index is 5.65. The molecule has 3 heterocycles. The molecule has 3 rings (SSSR count). The van der Waals surface area contributed by atoms with Crippen LogP contribution in [0.4, 0.5) is 0 Å². The highest BCUT2D eigenvalue weighted by Crippen LogP contribution is 2.23. The molecule has 0 aliphatic carbocycles. The van der Waals surface area contributed by atoms with Crippen LogP contribution in [0.1, 0.15) is 13.8 Å². The first-order valence-corrected chi connectivity index (χ1v) is 6.01. The van der Waals surface area contributed by atoms with Gasteiger partial charge in [0.25, 0.3) is 5.88 Å². The summed E-state index contributed by atoms with van der Waals surface area (Å²) in [7, 11) is 0. The van der Waals surface area contributed by atoms with Crippen molar-refractivity contribution in [1.29, 1.82) is 0 Å². The van der Waals surface area contributed by atoms with Crippen LogP contribution >= 0.6 is 0 Å². The third-order valence-electron chi connectivity index (χ3n) is 2.62. The molecule has 3 aromatic heterocycles. The van der Waals surface area contributed by atoms with E-state index in [9.17, 15) is 0 Å². The first-order valence-electron chi connectivity index (χ1n) is 6.01. The van der Waals surface area contributed by atoms with Crippen LogP contribution in [0.15, 0.2) is 37.1 Å². The molecule has 0 saturated heterocycles. The Hall–Kier alpha value is -2.50. The monoisotopic (exact) mass is 255 g/mol. The average Bonchev–Trinajstić information content (AvgIpc) is 2.84. The summed E-state index contributed by atoms with van der Waals surface area (Å²) in [6, 6.07) is 1.89. The molecule has 6 heteroatoms. The number of fused-ring (bicyclic) bond motifs is 1. The van der Waals surface area contributed by atoms with Crippen molar-refractivity contribution in [2.24, 2.45) is 0 Å². The molecule has 0 radical (unpaired) electrons. The van der Waals surface area contributed by atoms with Gasteiger partial charge in [0.2, 0.25) is 5.65 Å². The van der Waals surface area contributed by atoms with Gasteiger partial charge in [-0.05, 0) is 19.9 Å². The number of nitrogens with zero attached hydrogens (tertiary/aromatic N) is 5. The first-order chi connectivity index (χ1) is 9.25. The van der Waals surface area contributed by atoms with E-state index in [1.807, 2.05) is 30.5 Å². The van der Waals surface area contributed by atoms with E-state index in [-0.39, 0.29) is 6.10 Å². The van der Waals surface area contributed by atoms with Gasteiger partial charge in [-0.25, -0.2) is 9.97 Å². The summed E-state index contributed by atoms with van der Waals surface area (Å²) in [6.07, 6.45) is 8.74. The van der Waals surface area contributed by atoms with Crippen molar-refractivity contribution in [2.45, 2.75) is 20.0 Å². The summed E-state index contributed by atoms with van der Waals surface area (Å²) in [4.78, 5) is 8.60. The van der Waals surface area contributed by atoms with Crippen LogP contribution in [0, 0.1) is 0 Å². The van der Waals surface area contributed by atoms with Gasteiger partial charge in [-0.3, -0.25) is 4.40 Å². The summed E-state index contributed by atoms with van der Waals surface area (Å²) in [5, 5.41) is 7.66. The molecule has 0 bridgehead atoms. The molecule has 0 aliphatic heterocycles. The SMILES string of the molecule is CC(C)Oc1nccn2c(-c3ccnnc3)cnc12. The standard InChI is InChI=1S/C13H13N5O/c1-9(2)19-13-12-15-8-11(18(12)6-5-14-13)10-3-4-16-17-7-10/h3-9H,1-2H3. The number of ether oxygens (including phenoxy) is 1. The Morgan fingerprint density at radius 1 is 1.11 bits per heavy atom. The van der Waals surface area contributed by atoms with Gasteiger partial charge in [0.05, 0.1) is 30.4 Å². The quantitative estimate of drug-likeness (QED) is 0.716. The highest BCUT2D eigenvalue weighted by Gasteiger charge is 2.12. The van der Waals surface area contributed by atoms with Crippen molar-refractivity contribution in [3.8, 4) is 17.1 Å². The molecule has 0 aliphatic rings. The van der Waals surface area contributed by atoms with Crippen LogP contribution in [0.25, 0.3) is 16.9 Å². The average molecular weight is 255 g/mol. The molecular formula is C13H13N5O. The second-order valence-electron chi connectivity index (χ2n) is 4.37. The van der Waals surface area contributed by atoms with Crippen LogP contribution in [-0.4, -0.2) is 30.7 Å². The summed E-state index contributed by atoms with van der Waals surface area (Å²) in [5.74, 6) is 0.533. The number of hydrogen-bond donors (Lipinski definition) is 0. The van der Waals surface area contributed by atoms with Crippen LogP contribution in [0.3, 0.4) is 0 Å². The Labute approximate surface area is 110 Å². The minimum Gasteiger partial charge on any atom is -0.472 e. The van der Waals surface area contributed by atoms with Gasteiger partial charge >= 0.3 is 0 Å². The molecule has 96 valence electrons. The second-order valence-corrected chi connectivity index (χ2v) is 4.37. The summed E-state index contributed by atoms with van der Waals surface area (Å²) in [6.45, 7) is 3.92. The molecule has 0 unspecified atom stereocenters. The van der Waals surface area contributed by atoms with E-state index in [2.05, 4.69) is 20.2 Å². The van der Waals surface area contributed by atoms with E-state index in [4.69, 9.17) is 4.74 Å². The molecule has 0 amide bonds. The fourth-order valence-corrected chi connectivity index (χ4v) is 1.86. The Bertz CT molecular complexity index is 693. The molecule has 0 N–H and O–H groups in total. The molecule has 0 saturated carbocycles. The summed E-state index contributed by atoms with van der Waals surface area (Å²) < 4.78 is 7.59. The fraction of sp³-hybridized carbons (Fsp3) is 0.231. The highest BCUT2D eigenvalue weighted by molar-refractivity contribution is 5.64. The Morgan fingerprint density at radius 2 is 2.00 bits per heavy atom. The molecule has 0 fully saturated rings. The van der Waals surface area contributed by atoms with Crippen LogP contribution in [-0.2, 0) is 0 Å². The molecular weight excluding hydrogens is 242 g/mol. The lowest BCUT2D eigenvalue weighted by atomic mass is 10.2. The largest absolute Gasteiger partial charge is 0.472 e. The van der Waals surface area contributed by atoms with Gasteiger partial charge in [0.1, 0.15) is 0 Å². The van der Waals surface area contributed by atoms with Crippen molar-refractivity contribution >= 4 is 5.65 Å². The third kappa shape index (κ3) is 2.12. The lowest BCUT2D eigenvalue weighted by molar-refractivity contribution is 0.234. The lowest BCUT2D eigenvalue weighted by Crippen LogP contribution is -2.08. The van der Waals surface area contributed by atoms with Crippen molar-refractivity contribution in [2.75, 3.05) is 0 Å². The predicted octanol–water partition coefficient (Wildman–Crippen LogP) is 1.97. The predicted molar refractivity (Wildman–Crippen MR) is 69.8 cm³/mol. The number of rotatable bonds is 3. The zero-order valence-corrected chi connectivity index (χ0v) is 10.7. The molecule has 0 spiro atoms. The van der Waals surface area contributed by atoms with E-state index in [1.165, 1.54) is 0 Å². The second kappa shape index (κ2) is 4.64. The Balaban J connectivity index is 2.14. The van der Waals surface area contributed by atoms with E-state index in [0.29, 0.717) is 11.5 Å². The van der Waals surface area contributed by atoms with Crippen LogP contribution in [0.5, 0.6) is 5.88 Å². The summed E-state index contributed by atoms with van der Waals surface area (Å²) in [5.41, 5.74) is 2.58. The maximum Gasteiger partial charge on any atom is 0.258 e. The van der Waals surface area contributed by atoms with Crippen molar-refractivity contribution in [3.05, 3.63) is 37.1 Å². The minimum absolute atomic E-state index is 0.0569. The Kier molecular flexibility index (Phi) is 2.83. The van der Waals surface area contributed by atoms with Gasteiger partial charge in [-0.15, -0.1) is 0 Å². The normalized spacial score (nSPS) is 11.1. The minimum atomic E-state index is 0.0569. The van der Waals surface area contributed by atoms with E-state index in [0.717, 1.165) is 11.3 Å². The molecule has 6 nitrogen and oxygen atoms in total. The van der Waals surface area contributed by atoms with Crippen LogP contribution < -0.4 is 4.74 Å². The number of imidazole rings is 1. The molecule has 0 aromatic carbocycles. The number of hydrogen-bond acceptors (Lipinski definition) is 5. The molecule has 3 aromatic rings. The van der Waals surface area contributed by atoms with E-state index in [1.54, 1.807) is 24.8 Å². The molecule has 19 heavy (non-hydrogen) atoms. The zero-order valence-electron chi connectivity index (χ0n) is 10.7. The van der Waals surface area contributed by atoms with Gasteiger partial charge in [-0.2, -0.15) is 10.2 Å². The van der Waals surface area contributed by atoms with Gasteiger partial charge in [-0.1, -0.05) is 0 Å². The van der Waals surface area contributed by atoms with Crippen molar-refractivity contribution in [3.63, 3.8) is 0 Å². The Morgan fingerprint density at radius 3 is 2.74 bits per heavy atom. The van der Waals surface area contributed by atoms with Gasteiger partial charge < -0.3 is 4.74 Å². The number of aromatic nitrogens is 5. The highest BCUT2D eigenvalue weighted by atomic mass is 16.5. The van der Waals surface area contributed by atoms with E-state index < -0.39 is 0 Å². The third-order valence-corrected chi connectivity index (χ3v) is 2.62.